The zero-order valence-electron chi connectivity index (χ0n) is 7.05. The molecule has 62 valence electrons. The first-order valence-electron chi connectivity index (χ1n) is 5.18. The van der Waals surface area contributed by atoms with Crippen molar-refractivity contribution in [3.8, 4) is 0 Å². The maximum atomic E-state index is 3.65. The summed E-state index contributed by atoms with van der Waals surface area (Å²) >= 11 is 0. The molecule has 3 saturated carbocycles. The average Bonchev–Trinajstić information content (AvgIpc) is 2.89. The highest BCUT2D eigenvalue weighted by Crippen LogP contribution is 2.57. The third kappa shape index (κ3) is 1.10. The minimum absolute atomic E-state index is 0.927. The van der Waals surface area contributed by atoms with Crippen LogP contribution in [0, 0.1) is 17.8 Å². The highest BCUT2D eigenvalue weighted by Gasteiger charge is 2.51. The Bertz CT molecular complexity index is 152. The quantitative estimate of drug-likeness (QED) is 0.648. The summed E-state index contributed by atoms with van der Waals surface area (Å²) in [5.41, 5.74) is 0. The van der Waals surface area contributed by atoms with Crippen molar-refractivity contribution in [3.05, 3.63) is 0 Å². The minimum Gasteiger partial charge on any atom is -0.314 e. The Morgan fingerprint density at radius 3 is 2.36 bits per heavy atom. The molecule has 0 aromatic carbocycles. The van der Waals surface area contributed by atoms with Crippen LogP contribution < -0.4 is 5.32 Å². The average molecular weight is 151 g/mol. The molecular formula is C10H17N. The van der Waals surface area contributed by atoms with E-state index in [2.05, 4.69) is 5.32 Å². The molecule has 0 aliphatic heterocycles. The van der Waals surface area contributed by atoms with Gasteiger partial charge in [0, 0.05) is 6.04 Å². The van der Waals surface area contributed by atoms with Gasteiger partial charge in [-0.05, 0) is 50.0 Å². The number of fused-ring (bicyclic) bond motifs is 1. The monoisotopic (exact) mass is 151 g/mol. The fourth-order valence-electron chi connectivity index (χ4n) is 2.86. The van der Waals surface area contributed by atoms with E-state index in [1.165, 1.54) is 25.8 Å². The summed E-state index contributed by atoms with van der Waals surface area (Å²) in [6.45, 7) is 1.35. The van der Waals surface area contributed by atoms with Gasteiger partial charge in [-0.25, -0.2) is 0 Å². The smallest absolute Gasteiger partial charge is 0.00683 e. The van der Waals surface area contributed by atoms with Gasteiger partial charge >= 0.3 is 0 Å². The van der Waals surface area contributed by atoms with E-state index in [4.69, 9.17) is 0 Å². The van der Waals surface area contributed by atoms with Gasteiger partial charge in [-0.3, -0.25) is 0 Å². The van der Waals surface area contributed by atoms with Gasteiger partial charge in [0.25, 0.3) is 0 Å². The van der Waals surface area contributed by atoms with Crippen molar-refractivity contribution < 1.29 is 0 Å². The SMILES string of the molecule is C1CC2C(C1)C2CNC1CC1. The Morgan fingerprint density at radius 2 is 1.73 bits per heavy atom. The molecule has 3 aliphatic carbocycles. The zero-order valence-corrected chi connectivity index (χ0v) is 7.05. The zero-order chi connectivity index (χ0) is 7.26. The molecule has 2 atom stereocenters. The van der Waals surface area contributed by atoms with Crippen molar-refractivity contribution in [1.82, 2.24) is 5.32 Å². The minimum atomic E-state index is 0.927. The fourth-order valence-corrected chi connectivity index (χ4v) is 2.86. The molecule has 0 bridgehead atoms. The third-order valence-electron chi connectivity index (χ3n) is 3.80. The van der Waals surface area contributed by atoms with E-state index in [0.29, 0.717) is 0 Å². The van der Waals surface area contributed by atoms with E-state index in [-0.39, 0.29) is 0 Å². The van der Waals surface area contributed by atoms with Gasteiger partial charge in [0.15, 0.2) is 0 Å². The van der Waals surface area contributed by atoms with Gasteiger partial charge in [-0.2, -0.15) is 0 Å². The van der Waals surface area contributed by atoms with E-state index < -0.39 is 0 Å². The fraction of sp³-hybridized carbons (Fsp3) is 1.00. The van der Waals surface area contributed by atoms with Crippen LogP contribution >= 0.6 is 0 Å². The second-order valence-electron chi connectivity index (χ2n) is 4.60. The molecule has 2 unspecified atom stereocenters. The van der Waals surface area contributed by atoms with Crippen LogP contribution in [0.25, 0.3) is 0 Å². The first-order chi connectivity index (χ1) is 5.45. The summed E-state index contributed by atoms with van der Waals surface area (Å²) in [6, 6.07) is 0.927. The molecule has 3 aliphatic rings. The third-order valence-corrected chi connectivity index (χ3v) is 3.80. The largest absolute Gasteiger partial charge is 0.314 e. The van der Waals surface area contributed by atoms with E-state index in [9.17, 15) is 0 Å². The van der Waals surface area contributed by atoms with E-state index in [1.807, 2.05) is 0 Å². The summed E-state index contributed by atoms with van der Waals surface area (Å²) in [5.74, 6) is 3.41. The molecule has 3 rings (SSSR count). The highest BCUT2D eigenvalue weighted by atomic mass is 15.0. The number of rotatable bonds is 3. The normalized spacial score (nSPS) is 47.5. The predicted octanol–water partition coefficient (Wildman–Crippen LogP) is 1.78. The topological polar surface area (TPSA) is 12.0 Å². The molecule has 0 amide bonds. The van der Waals surface area contributed by atoms with Crippen molar-refractivity contribution >= 4 is 0 Å². The van der Waals surface area contributed by atoms with Crippen molar-refractivity contribution in [3.63, 3.8) is 0 Å². The van der Waals surface area contributed by atoms with Gasteiger partial charge in [0.1, 0.15) is 0 Å². The van der Waals surface area contributed by atoms with E-state index >= 15 is 0 Å². The maximum absolute atomic E-state index is 3.65. The van der Waals surface area contributed by atoms with Gasteiger partial charge in [0.05, 0.1) is 0 Å². The van der Waals surface area contributed by atoms with Gasteiger partial charge in [0.2, 0.25) is 0 Å². The molecule has 0 heterocycles. The molecule has 0 aromatic rings. The Balaban J connectivity index is 1.44. The summed E-state index contributed by atoms with van der Waals surface area (Å²) in [7, 11) is 0. The second-order valence-corrected chi connectivity index (χ2v) is 4.60. The molecular weight excluding hydrogens is 134 g/mol. The molecule has 0 radical (unpaired) electrons. The lowest BCUT2D eigenvalue weighted by Crippen LogP contribution is -2.20. The van der Waals surface area contributed by atoms with Gasteiger partial charge < -0.3 is 5.32 Å². The molecule has 0 aromatic heterocycles. The van der Waals surface area contributed by atoms with Crippen molar-refractivity contribution in [2.75, 3.05) is 6.54 Å². The molecule has 11 heavy (non-hydrogen) atoms. The summed E-state index contributed by atoms with van der Waals surface area (Å²) in [4.78, 5) is 0. The Hall–Kier alpha value is -0.0400. The van der Waals surface area contributed by atoms with Crippen molar-refractivity contribution in [2.24, 2.45) is 17.8 Å². The van der Waals surface area contributed by atoms with Crippen LogP contribution in [0.15, 0.2) is 0 Å². The lowest BCUT2D eigenvalue weighted by molar-refractivity contribution is 0.532. The van der Waals surface area contributed by atoms with Crippen LogP contribution in [-0.2, 0) is 0 Å². The first-order valence-corrected chi connectivity index (χ1v) is 5.18. The van der Waals surface area contributed by atoms with Crippen LogP contribution in [0.2, 0.25) is 0 Å². The molecule has 0 saturated heterocycles. The molecule has 3 fully saturated rings. The summed E-state index contributed by atoms with van der Waals surface area (Å²) in [5, 5.41) is 3.65. The van der Waals surface area contributed by atoms with Crippen LogP contribution in [-0.4, -0.2) is 12.6 Å². The first kappa shape index (κ1) is 6.47. The second kappa shape index (κ2) is 2.22. The number of hydrogen-bond acceptors (Lipinski definition) is 1. The summed E-state index contributed by atoms with van der Waals surface area (Å²) < 4.78 is 0. The maximum Gasteiger partial charge on any atom is 0.00683 e. The van der Waals surface area contributed by atoms with E-state index in [0.717, 1.165) is 23.8 Å². The standard InChI is InChI=1S/C10H17N/c1-2-8-9(3-1)10(8)6-11-7-4-5-7/h7-11H,1-6H2. The summed E-state index contributed by atoms with van der Waals surface area (Å²) in [6.07, 6.45) is 7.50. The Kier molecular flexibility index (Phi) is 1.31. The Morgan fingerprint density at radius 1 is 1.00 bits per heavy atom. The number of hydrogen-bond donors (Lipinski definition) is 1. The lowest BCUT2D eigenvalue weighted by Gasteiger charge is -2.03. The van der Waals surface area contributed by atoms with Crippen LogP contribution in [0.3, 0.4) is 0 Å². The van der Waals surface area contributed by atoms with Crippen LogP contribution in [0.1, 0.15) is 32.1 Å². The van der Waals surface area contributed by atoms with Gasteiger partial charge in [-0.15, -0.1) is 0 Å². The number of nitrogens with one attached hydrogen (secondary N) is 1. The Labute approximate surface area is 68.6 Å². The van der Waals surface area contributed by atoms with Crippen molar-refractivity contribution in [1.29, 1.82) is 0 Å². The van der Waals surface area contributed by atoms with Crippen LogP contribution in [0.5, 0.6) is 0 Å². The van der Waals surface area contributed by atoms with E-state index in [1.54, 1.807) is 12.8 Å². The molecule has 1 heteroatoms. The molecule has 1 N–H and O–H groups in total. The lowest BCUT2D eigenvalue weighted by atomic mass is 10.1. The predicted molar refractivity (Wildman–Crippen MR) is 45.3 cm³/mol. The highest BCUT2D eigenvalue weighted by molar-refractivity contribution is 5.02. The van der Waals surface area contributed by atoms with Gasteiger partial charge in [-0.1, -0.05) is 6.42 Å². The van der Waals surface area contributed by atoms with Crippen molar-refractivity contribution in [2.45, 2.75) is 38.1 Å². The molecule has 1 nitrogen and oxygen atoms in total. The van der Waals surface area contributed by atoms with Crippen LogP contribution in [0.4, 0.5) is 0 Å². The molecule has 0 spiro atoms.